The predicted molar refractivity (Wildman–Crippen MR) is 89.3 cm³/mol. The largest absolute Gasteiger partial charge is 0.338 e. The Balaban J connectivity index is 1.74. The molecule has 1 amide bonds. The summed E-state index contributed by atoms with van der Waals surface area (Å²) in [6.07, 6.45) is 5.01. The zero-order valence-electron chi connectivity index (χ0n) is 12.0. The van der Waals surface area contributed by atoms with Crippen LogP contribution in [-0.4, -0.2) is 28.9 Å². The summed E-state index contributed by atoms with van der Waals surface area (Å²) in [7, 11) is 0. The van der Waals surface area contributed by atoms with Gasteiger partial charge in [0.05, 0.1) is 11.2 Å². The molecule has 0 atom stereocenters. The molecule has 2 heterocycles. The summed E-state index contributed by atoms with van der Waals surface area (Å²) in [6.45, 7) is 1.69. The van der Waals surface area contributed by atoms with Crippen LogP contribution < -0.4 is 0 Å². The highest BCUT2D eigenvalue weighted by atomic mass is 35.5. The smallest absolute Gasteiger partial charge is 0.265 e. The van der Waals surface area contributed by atoms with Gasteiger partial charge in [-0.3, -0.25) is 4.79 Å². The maximum atomic E-state index is 12.4. The van der Waals surface area contributed by atoms with Gasteiger partial charge in [0.1, 0.15) is 4.88 Å². The van der Waals surface area contributed by atoms with Gasteiger partial charge in [-0.2, -0.15) is 0 Å². The van der Waals surface area contributed by atoms with Crippen LogP contribution in [0, 0.1) is 11.8 Å². The van der Waals surface area contributed by atoms with Crippen molar-refractivity contribution in [2.45, 2.75) is 19.3 Å². The number of piperidine rings is 1. The van der Waals surface area contributed by atoms with Crippen molar-refractivity contribution >= 4 is 28.8 Å². The van der Waals surface area contributed by atoms with Crippen LogP contribution in [0.3, 0.4) is 0 Å². The van der Waals surface area contributed by atoms with Gasteiger partial charge in [-0.1, -0.05) is 29.7 Å². The fraction of sp³-hybridized carbons (Fsp3) is 0.294. The number of rotatable bonds is 1. The minimum Gasteiger partial charge on any atom is -0.338 e. The van der Waals surface area contributed by atoms with Gasteiger partial charge in [0.25, 0.3) is 5.91 Å². The molecule has 1 aliphatic rings. The fourth-order valence-corrected chi connectivity index (χ4v) is 3.29. The summed E-state index contributed by atoms with van der Waals surface area (Å²) in [5.74, 6) is 6.06. The fourth-order valence-electron chi connectivity index (χ4n) is 2.37. The minimum atomic E-state index is 0.0722. The molecule has 1 fully saturated rings. The quantitative estimate of drug-likeness (QED) is 0.745. The Kier molecular flexibility index (Phi) is 4.77. The van der Waals surface area contributed by atoms with E-state index in [4.69, 9.17) is 11.6 Å². The van der Waals surface area contributed by atoms with Crippen LogP contribution in [0.2, 0.25) is 5.02 Å². The molecule has 0 N–H and O–H groups in total. The maximum absolute atomic E-state index is 12.4. The lowest BCUT2D eigenvalue weighted by atomic mass is 10.1. The highest BCUT2D eigenvalue weighted by molar-refractivity contribution is 7.14. The van der Waals surface area contributed by atoms with Crippen LogP contribution in [0.1, 0.15) is 39.5 Å². The van der Waals surface area contributed by atoms with Crippen LogP contribution in [0.4, 0.5) is 0 Å². The Morgan fingerprint density at radius 1 is 1.18 bits per heavy atom. The molecule has 1 aromatic heterocycles. The molecule has 0 spiro atoms. The first-order chi connectivity index (χ1) is 10.7. The molecule has 3 rings (SSSR count). The lowest BCUT2D eigenvalue weighted by Gasteiger charge is -2.25. The van der Waals surface area contributed by atoms with Crippen molar-refractivity contribution in [3.63, 3.8) is 0 Å². The van der Waals surface area contributed by atoms with Crippen LogP contribution in [-0.2, 0) is 0 Å². The van der Waals surface area contributed by atoms with Gasteiger partial charge in [0.2, 0.25) is 0 Å². The number of carbonyl (C=O) groups is 1. The molecule has 5 heteroatoms. The molecule has 0 bridgehead atoms. The third-order valence-corrected chi connectivity index (χ3v) is 4.77. The highest BCUT2D eigenvalue weighted by Gasteiger charge is 2.19. The molecule has 0 unspecified atom stereocenters. The Bertz CT molecular complexity index is 738. The standard InChI is InChI=1S/C17H15ClN2OS/c18-14-7-3-2-6-13(14)8-9-16-19-12-15(22-16)17(21)20-10-4-1-5-11-20/h2-3,6-7,12H,1,4-5,10-11H2. The zero-order chi connectivity index (χ0) is 15.4. The summed E-state index contributed by atoms with van der Waals surface area (Å²) in [5.41, 5.74) is 0.767. The first-order valence-electron chi connectivity index (χ1n) is 7.26. The molecule has 3 nitrogen and oxygen atoms in total. The number of thiazole rings is 1. The summed E-state index contributed by atoms with van der Waals surface area (Å²) >= 11 is 7.41. The molecule has 1 aliphatic heterocycles. The van der Waals surface area contributed by atoms with Crippen molar-refractivity contribution in [2.75, 3.05) is 13.1 Å². The van der Waals surface area contributed by atoms with Crippen molar-refractivity contribution in [3.05, 3.63) is 50.9 Å². The van der Waals surface area contributed by atoms with Crippen LogP contribution >= 0.6 is 22.9 Å². The Morgan fingerprint density at radius 2 is 1.95 bits per heavy atom. The summed E-state index contributed by atoms with van der Waals surface area (Å²) < 4.78 is 0. The van der Waals surface area contributed by atoms with Crippen molar-refractivity contribution in [2.24, 2.45) is 0 Å². The van der Waals surface area contributed by atoms with Crippen molar-refractivity contribution in [1.29, 1.82) is 0 Å². The molecule has 2 aromatic rings. The van der Waals surface area contributed by atoms with Crippen molar-refractivity contribution in [3.8, 4) is 11.8 Å². The molecule has 0 radical (unpaired) electrons. The molecule has 1 aromatic carbocycles. The van der Waals surface area contributed by atoms with E-state index in [0.717, 1.165) is 31.5 Å². The van der Waals surface area contributed by atoms with E-state index in [0.29, 0.717) is 14.9 Å². The average Bonchev–Trinajstić information content (AvgIpc) is 3.03. The number of aromatic nitrogens is 1. The minimum absolute atomic E-state index is 0.0722. The molecule has 22 heavy (non-hydrogen) atoms. The number of likely N-dealkylation sites (tertiary alicyclic amines) is 1. The molecule has 112 valence electrons. The second kappa shape index (κ2) is 6.95. The molecular weight excluding hydrogens is 316 g/mol. The number of benzene rings is 1. The predicted octanol–water partition coefficient (Wildman–Crippen LogP) is 3.82. The van der Waals surface area contributed by atoms with Crippen LogP contribution in [0.15, 0.2) is 30.5 Å². The number of hydrogen-bond acceptors (Lipinski definition) is 3. The number of hydrogen-bond donors (Lipinski definition) is 0. The van der Waals surface area contributed by atoms with Gasteiger partial charge in [0.15, 0.2) is 5.01 Å². The van der Waals surface area contributed by atoms with Gasteiger partial charge < -0.3 is 4.90 Å². The second-order valence-corrected chi connectivity index (χ2v) is 6.55. The number of carbonyl (C=O) groups excluding carboxylic acids is 1. The molecular formula is C17H15ClN2OS. The second-order valence-electron chi connectivity index (χ2n) is 5.11. The highest BCUT2D eigenvalue weighted by Crippen LogP contribution is 2.18. The summed E-state index contributed by atoms with van der Waals surface area (Å²) in [5, 5.41) is 1.26. The van der Waals surface area contributed by atoms with E-state index in [1.807, 2.05) is 23.1 Å². The zero-order valence-corrected chi connectivity index (χ0v) is 13.6. The third kappa shape index (κ3) is 3.49. The number of nitrogens with zero attached hydrogens (tertiary/aromatic N) is 2. The number of halogens is 1. The van der Waals surface area contributed by atoms with Crippen molar-refractivity contribution in [1.82, 2.24) is 9.88 Å². The maximum Gasteiger partial charge on any atom is 0.265 e. The molecule has 1 saturated heterocycles. The van der Waals surface area contributed by atoms with Crippen LogP contribution in [0.25, 0.3) is 0 Å². The van der Waals surface area contributed by atoms with Gasteiger partial charge in [-0.25, -0.2) is 4.98 Å². The number of amides is 1. The lowest BCUT2D eigenvalue weighted by Crippen LogP contribution is -2.35. The van der Waals surface area contributed by atoms with E-state index in [1.165, 1.54) is 17.8 Å². The summed E-state index contributed by atoms with van der Waals surface area (Å²) in [6, 6.07) is 7.43. The van der Waals surface area contributed by atoms with Gasteiger partial charge >= 0.3 is 0 Å². The first-order valence-corrected chi connectivity index (χ1v) is 8.45. The van der Waals surface area contributed by atoms with E-state index in [-0.39, 0.29) is 5.91 Å². The van der Waals surface area contributed by atoms with E-state index in [9.17, 15) is 4.79 Å². The normalized spacial score (nSPS) is 14.3. The Labute approximate surface area is 138 Å². The van der Waals surface area contributed by atoms with E-state index >= 15 is 0 Å². The van der Waals surface area contributed by atoms with E-state index < -0.39 is 0 Å². The van der Waals surface area contributed by atoms with E-state index in [1.54, 1.807) is 12.3 Å². The lowest BCUT2D eigenvalue weighted by molar-refractivity contribution is 0.0729. The van der Waals surface area contributed by atoms with Gasteiger partial charge in [0, 0.05) is 18.7 Å². The van der Waals surface area contributed by atoms with Gasteiger partial charge in [-0.15, -0.1) is 11.3 Å². The summed E-state index contributed by atoms with van der Waals surface area (Å²) in [4.78, 5) is 19.2. The molecule has 0 saturated carbocycles. The Hall–Kier alpha value is -1.83. The Morgan fingerprint density at radius 3 is 2.73 bits per heavy atom. The topological polar surface area (TPSA) is 33.2 Å². The first kappa shape index (κ1) is 15.1. The molecule has 0 aliphatic carbocycles. The third-order valence-electron chi connectivity index (χ3n) is 3.54. The monoisotopic (exact) mass is 330 g/mol. The van der Waals surface area contributed by atoms with Gasteiger partial charge in [-0.05, 0) is 37.3 Å². The van der Waals surface area contributed by atoms with E-state index in [2.05, 4.69) is 16.8 Å². The van der Waals surface area contributed by atoms with Crippen LogP contribution in [0.5, 0.6) is 0 Å². The van der Waals surface area contributed by atoms with Crippen molar-refractivity contribution < 1.29 is 4.79 Å². The SMILES string of the molecule is O=C(c1cnc(C#Cc2ccccc2Cl)s1)N1CCCCC1. The average molecular weight is 331 g/mol.